The van der Waals surface area contributed by atoms with E-state index >= 15 is 0 Å². The minimum absolute atomic E-state index is 0.00237. The first-order valence-corrected chi connectivity index (χ1v) is 10.5. The molecule has 0 aromatic heterocycles. The lowest BCUT2D eigenvalue weighted by atomic mass is 9.68. The van der Waals surface area contributed by atoms with Gasteiger partial charge in [-0.05, 0) is 43.2 Å². The van der Waals surface area contributed by atoms with Crippen LogP contribution in [-0.4, -0.2) is 30.1 Å². The Morgan fingerprint density at radius 1 is 1.03 bits per heavy atom. The van der Waals surface area contributed by atoms with Crippen LogP contribution in [0.3, 0.4) is 0 Å². The number of esters is 1. The number of benzene rings is 2. The number of ether oxygens (including phenoxy) is 4. The standard InChI is InChI=1S/C24H25F3O5/c1-22(2,3)23(14-17-10-12-20(23)29-17)31-19-13-15(9-11-18(19)32-24(25,26)27)21(28)30-16-7-5-4-6-8-16/h4-9,11,13,17,20H,10,12,14H2,1-3H3. The third-order valence-corrected chi connectivity index (χ3v) is 6.08. The van der Waals surface area contributed by atoms with E-state index < -0.39 is 29.1 Å². The summed E-state index contributed by atoms with van der Waals surface area (Å²) in [7, 11) is 0. The number of halogens is 3. The highest BCUT2D eigenvalue weighted by Crippen LogP contribution is 2.54. The zero-order chi connectivity index (χ0) is 23.1. The molecule has 0 aliphatic carbocycles. The van der Waals surface area contributed by atoms with Gasteiger partial charge in [-0.15, -0.1) is 13.2 Å². The van der Waals surface area contributed by atoms with Gasteiger partial charge in [-0.3, -0.25) is 0 Å². The molecule has 0 N–H and O–H groups in total. The van der Waals surface area contributed by atoms with Crippen LogP contribution in [0.4, 0.5) is 13.2 Å². The fourth-order valence-electron chi connectivity index (χ4n) is 4.49. The van der Waals surface area contributed by atoms with Gasteiger partial charge in [-0.1, -0.05) is 39.0 Å². The highest BCUT2D eigenvalue weighted by Gasteiger charge is 2.60. The summed E-state index contributed by atoms with van der Waals surface area (Å²) in [5, 5.41) is 0. The first-order chi connectivity index (χ1) is 15.0. The number of hydrogen-bond donors (Lipinski definition) is 0. The molecule has 5 nitrogen and oxygen atoms in total. The second-order valence-electron chi connectivity index (χ2n) is 9.18. The number of para-hydroxylation sites is 1. The minimum atomic E-state index is -4.91. The molecular weight excluding hydrogens is 425 g/mol. The molecule has 2 bridgehead atoms. The van der Waals surface area contributed by atoms with E-state index in [9.17, 15) is 18.0 Å². The molecule has 0 spiro atoms. The van der Waals surface area contributed by atoms with Gasteiger partial charge < -0.3 is 18.9 Å². The SMILES string of the molecule is CC(C)(C)C1(Oc2cc(C(=O)Oc3ccccc3)ccc2OC(F)(F)F)CC2CCC1O2. The average molecular weight is 450 g/mol. The Kier molecular flexibility index (Phi) is 5.61. The largest absolute Gasteiger partial charge is 0.573 e. The summed E-state index contributed by atoms with van der Waals surface area (Å²) in [6.45, 7) is 5.90. The van der Waals surface area contributed by atoms with Crippen LogP contribution in [0.15, 0.2) is 48.5 Å². The van der Waals surface area contributed by atoms with Crippen molar-refractivity contribution in [3.8, 4) is 17.2 Å². The summed E-state index contributed by atoms with van der Waals surface area (Å²) in [6, 6.07) is 11.9. The highest BCUT2D eigenvalue weighted by molar-refractivity contribution is 5.91. The van der Waals surface area contributed by atoms with Crippen molar-refractivity contribution in [2.45, 2.75) is 64.2 Å². The Hall–Kier alpha value is -2.74. The number of fused-ring (bicyclic) bond motifs is 2. The van der Waals surface area contributed by atoms with Crippen molar-refractivity contribution in [1.29, 1.82) is 0 Å². The number of alkyl halides is 3. The van der Waals surface area contributed by atoms with Gasteiger partial charge >= 0.3 is 12.3 Å². The van der Waals surface area contributed by atoms with Crippen LogP contribution in [0.2, 0.25) is 0 Å². The summed E-state index contributed by atoms with van der Waals surface area (Å²) in [4.78, 5) is 12.6. The zero-order valence-electron chi connectivity index (χ0n) is 18.1. The smallest absolute Gasteiger partial charge is 0.480 e. The topological polar surface area (TPSA) is 54.0 Å². The predicted molar refractivity (Wildman–Crippen MR) is 110 cm³/mol. The maximum Gasteiger partial charge on any atom is 0.573 e. The molecule has 2 heterocycles. The fourth-order valence-corrected chi connectivity index (χ4v) is 4.49. The van der Waals surface area contributed by atoms with Crippen molar-refractivity contribution in [1.82, 2.24) is 0 Å². The normalized spacial score (nSPS) is 24.9. The van der Waals surface area contributed by atoms with Gasteiger partial charge in [-0.2, -0.15) is 0 Å². The van der Waals surface area contributed by atoms with Crippen molar-refractivity contribution < 1.29 is 36.9 Å². The molecule has 0 amide bonds. The van der Waals surface area contributed by atoms with Gasteiger partial charge in [0.2, 0.25) is 0 Å². The number of carbonyl (C=O) groups excluding carboxylic acids is 1. The summed E-state index contributed by atoms with van der Waals surface area (Å²) < 4.78 is 61.1. The molecule has 32 heavy (non-hydrogen) atoms. The molecule has 0 saturated carbocycles. The molecule has 2 aromatic carbocycles. The van der Waals surface area contributed by atoms with E-state index in [0.717, 1.165) is 18.9 Å². The quantitative estimate of drug-likeness (QED) is 0.418. The van der Waals surface area contributed by atoms with E-state index in [2.05, 4.69) is 4.74 Å². The van der Waals surface area contributed by atoms with E-state index in [1.165, 1.54) is 12.1 Å². The Balaban J connectivity index is 1.69. The maximum atomic E-state index is 13.1. The van der Waals surface area contributed by atoms with Gasteiger partial charge in [0.05, 0.1) is 17.8 Å². The lowest BCUT2D eigenvalue weighted by Gasteiger charge is -2.46. The van der Waals surface area contributed by atoms with E-state index in [1.54, 1.807) is 30.3 Å². The fraction of sp³-hybridized carbons (Fsp3) is 0.458. The molecule has 2 aliphatic heterocycles. The summed E-state index contributed by atoms with van der Waals surface area (Å²) >= 11 is 0. The molecule has 2 fully saturated rings. The van der Waals surface area contributed by atoms with Gasteiger partial charge in [0.15, 0.2) is 11.5 Å². The van der Waals surface area contributed by atoms with Crippen LogP contribution in [-0.2, 0) is 4.74 Å². The van der Waals surface area contributed by atoms with Gasteiger partial charge in [-0.25, -0.2) is 4.79 Å². The summed E-state index contributed by atoms with van der Waals surface area (Å²) in [5.41, 5.74) is -1.25. The lowest BCUT2D eigenvalue weighted by molar-refractivity contribution is -0.275. The number of hydrogen-bond acceptors (Lipinski definition) is 5. The molecule has 2 aliphatic rings. The molecule has 2 aromatic rings. The van der Waals surface area contributed by atoms with Crippen molar-refractivity contribution in [3.63, 3.8) is 0 Å². The van der Waals surface area contributed by atoms with Crippen molar-refractivity contribution in [3.05, 3.63) is 54.1 Å². The Morgan fingerprint density at radius 2 is 1.75 bits per heavy atom. The highest BCUT2D eigenvalue weighted by atomic mass is 19.4. The molecule has 3 atom stereocenters. The van der Waals surface area contributed by atoms with Crippen LogP contribution in [0.5, 0.6) is 17.2 Å². The van der Waals surface area contributed by atoms with Gasteiger partial charge in [0, 0.05) is 11.8 Å². The van der Waals surface area contributed by atoms with Crippen LogP contribution in [0.1, 0.15) is 50.4 Å². The van der Waals surface area contributed by atoms with E-state index in [-0.39, 0.29) is 23.5 Å². The van der Waals surface area contributed by atoms with Crippen molar-refractivity contribution in [2.24, 2.45) is 5.41 Å². The van der Waals surface area contributed by atoms with Crippen LogP contribution < -0.4 is 14.2 Å². The number of rotatable bonds is 5. The monoisotopic (exact) mass is 450 g/mol. The van der Waals surface area contributed by atoms with Crippen molar-refractivity contribution >= 4 is 5.97 Å². The molecule has 0 radical (unpaired) electrons. The summed E-state index contributed by atoms with van der Waals surface area (Å²) in [5.74, 6) is -1.08. The van der Waals surface area contributed by atoms with Crippen LogP contribution in [0.25, 0.3) is 0 Å². The van der Waals surface area contributed by atoms with E-state index in [0.29, 0.717) is 12.2 Å². The first-order valence-electron chi connectivity index (χ1n) is 10.5. The molecule has 2 saturated heterocycles. The number of carbonyl (C=O) groups is 1. The maximum absolute atomic E-state index is 13.1. The van der Waals surface area contributed by atoms with Crippen molar-refractivity contribution in [2.75, 3.05) is 0 Å². The van der Waals surface area contributed by atoms with Gasteiger partial charge in [0.25, 0.3) is 0 Å². The molecule has 8 heteroatoms. The lowest BCUT2D eigenvalue weighted by Crippen LogP contribution is -2.55. The van der Waals surface area contributed by atoms with Crippen LogP contribution in [0, 0.1) is 5.41 Å². The second-order valence-corrected chi connectivity index (χ2v) is 9.18. The Labute approximate surface area is 184 Å². The third-order valence-electron chi connectivity index (χ3n) is 6.08. The van der Waals surface area contributed by atoms with E-state index in [4.69, 9.17) is 14.2 Å². The van der Waals surface area contributed by atoms with Crippen LogP contribution >= 0.6 is 0 Å². The molecule has 172 valence electrons. The van der Waals surface area contributed by atoms with E-state index in [1.807, 2.05) is 20.8 Å². The Morgan fingerprint density at radius 3 is 2.31 bits per heavy atom. The molecule has 4 rings (SSSR count). The predicted octanol–water partition coefficient (Wildman–Crippen LogP) is 5.92. The zero-order valence-corrected chi connectivity index (χ0v) is 18.1. The third kappa shape index (κ3) is 4.41. The second kappa shape index (κ2) is 7.99. The minimum Gasteiger partial charge on any atom is -0.480 e. The molecule has 3 unspecified atom stereocenters. The Bertz CT molecular complexity index is 983. The summed E-state index contributed by atoms with van der Waals surface area (Å²) in [6.07, 6.45) is -2.98. The van der Waals surface area contributed by atoms with Gasteiger partial charge in [0.1, 0.15) is 11.4 Å². The average Bonchev–Trinajstić information content (AvgIpc) is 3.30. The first kappa shape index (κ1) is 22.5. The molecular formula is C24H25F3O5.